The average Bonchev–Trinajstić information content (AvgIpc) is 3.23. The molecule has 0 spiro atoms. The van der Waals surface area contributed by atoms with Crippen LogP contribution in [-0.2, 0) is 9.59 Å². The lowest BCUT2D eigenvalue weighted by atomic mass is 10.1. The Labute approximate surface area is 203 Å². The zero-order valence-electron chi connectivity index (χ0n) is 18.9. The van der Waals surface area contributed by atoms with Gasteiger partial charge in [-0.25, -0.2) is 4.98 Å². The number of carboxylic acids is 1. The molecule has 1 unspecified atom stereocenters. The van der Waals surface area contributed by atoms with E-state index in [0.717, 1.165) is 45.2 Å². The second kappa shape index (κ2) is 13.2. The maximum absolute atomic E-state index is 12.4. The summed E-state index contributed by atoms with van der Waals surface area (Å²) < 4.78 is 1.76. The van der Waals surface area contributed by atoms with Gasteiger partial charge in [0, 0.05) is 18.0 Å². The number of anilines is 2. The number of carbonyl (C=O) groups excluding carboxylic acids is 1. The number of carboxylic acid groups (broad SMARTS) is 1. The van der Waals surface area contributed by atoms with Gasteiger partial charge in [-0.3, -0.25) is 9.59 Å². The number of hydrogen-bond donors (Lipinski definition) is 3. The topological polar surface area (TPSA) is 91.3 Å². The minimum atomic E-state index is -1.10. The number of unbranched alkanes of at least 4 members (excludes halogenated alkanes) is 5. The normalized spacial score (nSPS) is 11.9. The van der Waals surface area contributed by atoms with Gasteiger partial charge in [0.1, 0.15) is 5.92 Å². The fourth-order valence-corrected chi connectivity index (χ4v) is 5.64. The van der Waals surface area contributed by atoms with Crippen molar-refractivity contribution >= 4 is 56.6 Å². The zero-order chi connectivity index (χ0) is 23.5. The van der Waals surface area contributed by atoms with Crippen molar-refractivity contribution in [3.05, 3.63) is 48.5 Å². The average molecular weight is 486 g/mol. The molecule has 0 bridgehead atoms. The smallest absolute Gasteiger partial charge is 0.316 e. The molecule has 3 N–H and O–H groups in total. The molecule has 33 heavy (non-hydrogen) atoms. The van der Waals surface area contributed by atoms with Crippen molar-refractivity contribution in [2.75, 3.05) is 17.6 Å². The highest BCUT2D eigenvalue weighted by molar-refractivity contribution is 8.01. The maximum atomic E-state index is 12.4. The molecule has 3 rings (SSSR count). The second-order valence-electron chi connectivity index (χ2n) is 7.89. The van der Waals surface area contributed by atoms with E-state index in [9.17, 15) is 14.7 Å². The van der Waals surface area contributed by atoms with E-state index in [0.29, 0.717) is 6.54 Å². The van der Waals surface area contributed by atoms with Gasteiger partial charge in [0.15, 0.2) is 4.34 Å². The van der Waals surface area contributed by atoms with Gasteiger partial charge < -0.3 is 15.7 Å². The summed E-state index contributed by atoms with van der Waals surface area (Å²) in [5, 5.41) is 15.8. The summed E-state index contributed by atoms with van der Waals surface area (Å²) in [5.41, 5.74) is 2.79. The Morgan fingerprint density at radius 2 is 1.79 bits per heavy atom. The number of rotatable bonds is 14. The van der Waals surface area contributed by atoms with Crippen molar-refractivity contribution in [3.63, 3.8) is 0 Å². The summed E-state index contributed by atoms with van der Waals surface area (Å²) in [4.78, 5) is 28.8. The Morgan fingerprint density at radius 1 is 1.03 bits per heavy atom. The van der Waals surface area contributed by atoms with E-state index in [2.05, 4.69) is 22.5 Å². The predicted molar refractivity (Wildman–Crippen MR) is 138 cm³/mol. The van der Waals surface area contributed by atoms with Crippen LogP contribution in [0.2, 0.25) is 0 Å². The van der Waals surface area contributed by atoms with Gasteiger partial charge >= 0.3 is 5.97 Å². The SMILES string of the molecule is CCCCCCCCNC(=O)C(CSc1nc2cccc(Nc3ccccc3)c2s1)C(=O)O. The molecule has 0 saturated heterocycles. The van der Waals surface area contributed by atoms with Gasteiger partial charge in [-0.1, -0.05) is 75.1 Å². The first-order valence-corrected chi connectivity index (χ1v) is 13.2. The third kappa shape index (κ3) is 7.75. The summed E-state index contributed by atoms with van der Waals surface area (Å²) in [6.45, 7) is 2.70. The number of aromatic nitrogens is 1. The second-order valence-corrected chi connectivity index (χ2v) is 10.2. The number of thiazole rings is 1. The minimum Gasteiger partial charge on any atom is -0.481 e. The molecule has 6 nitrogen and oxygen atoms in total. The van der Waals surface area contributed by atoms with Crippen LogP contribution in [0.25, 0.3) is 10.2 Å². The summed E-state index contributed by atoms with van der Waals surface area (Å²) in [7, 11) is 0. The largest absolute Gasteiger partial charge is 0.481 e. The lowest BCUT2D eigenvalue weighted by molar-refractivity contribution is -0.145. The number of benzene rings is 2. The molecule has 176 valence electrons. The fraction of sp³-hybridized carbons (Fsp3) is 0.400. The van der Waals surface area contributed by atoms with E-state index in [1.807, 2.05) is 48.5 Å². The van der Waals surface area contributed by atoms with E-state index in [4.69, 9.17) is 0 Å². The Balaban J connectivity index is 1.55. The Hall–Kier alpha value is -2.58. The van der Waals surface area contributed by atoms with Crippen LogP contribution in [0.3, 0.4) is 0 Å². The first-order valence-electron chi connectivity index (χ1n) is 11.4. The molecule has 8 heteroatoms. The van der Waals surface area contributed by atoms with Crippen molar-refractivity contribution < 1.29 is 14.7 Å². The van der Waals surface area contributed by atoms with Crippen molar-refractivity contribution in [2.45, 2.75) is 49.8 Å². The van der Waals surface area contributed by atoms with Crippen LogP contribution in [0.1, 0.15) is 45.4 Å². The lowest BCUT2D eigenvalue weighted by Crippen LogP contribution is -2.37. The first kappa shape index (κ1) is 25.1. The van der Waals surface area contributed by atoms with Crippen LogP contribution in [0.5, 0.6) is 0 Å². The number of nitrogens with one attached hydrogen (secondary N) is 2. The van der Waals surface area contributed by atoms with Gasteiger partial charge in [0.25, 0.3) is 0 Å². The number of nitrogens with zero attached hydrogens (tertiary/aromatic N) is 1. The molecule has 1 atom stereocenters. The molecule has 0 saturated carbocycles. The van der Waals surface area contributed by atoms with Crippen molar-refractivity contribution in [1.82, 2.24) is 10.3 Å². The van der Waals surface area contributed by atoms with Gasteiger partial charge in [-0.05, 0) is 30.7 Å². The molecule has 1 heterocycles. The third-order valence-corrected chi connectivity index (χ3v) is 7.61. The van der Waals surface area contributed by atoms with Crippen LogP contribution in [-0.4, -0.2) is 34.3 Å². The van der Waals surface area contributed by atoms with Crippen molar-refractivity contribution in [2.24, 2.45) is 5.92 Å². The standard InChI is InChI=1S/C25H31N3O3S2/c1-2-3-4-5-6-10-16-26-23(29)19(24(30)31)17-32-25-28-21-15-11-14-20(22(21)33-25)27-18-12-8-7-9-13-18/h7-9,11-15,19,27H,2-6,10,16-17H2,1H3,(H,26,29)(H,30,31). The Kier molecular flexibility index (Phi) is 10.0. The zero-order valence-corrected chi connectivity index (χ0v) is 20.5. The summed E-state index contributed by atoms with van der Waals surface area (Å²) in [6, 6.07) is 15.8. The van der Waals surface area contributed by atoms with E-state index < -0.39 is 17.8 Å². The van der Waals surface area contributed by atoms with E-state index >= 15 is 0 Å². The number of fused-ring (bicyclic) bond motifs is 1. The van der Waals surface area contributed by atoms with E-state index in [-0.39, 0.29) is 5.75 Å². The molecule has 3 aromatic rings. The molecule has 0 aliphatic heterocycles. The van der Waals surface area contributed by atoms with Gasteiger partial charge in [-0.2, -0.15) is 0 Å². The minimum absolute atomic E-state index is 0.152. The van der Waals surface area contributed by atoms with E-state index in [1.54, 1.807) is 0 Å². The highest BCUT2D eigenvalue weighted by atomic mass is 32.2. The summed E-state index contributed by atoms with van der Waals surface area (Å²) in [5.74, 6) is -2.46. The lowest BCUT2D eigenvalue weighted by Gasteiger charge is -2.11. The fourth-order valence-electron chi connectivity index (χ4n) is 3.42. The number of aliphatic carboxylic acids is 1. The molecular formula is C25H31N3O3S2. The summed E-state index contributed by atoms with van der Waals surface area (Å²) in [6.07, 6.45) is 6.74. The van der Waals surface area contributed by atoms with Crippen molar-refractivity contribution in [3.8, 4) is 0 Å². The number of hydrogen-bond acceptors (Lipinski definition) is 6. The molecule has 1 amide bonds. The predicted octanol–water partition coefficient (Wildman–Crippen LogP) is 6.31. The number of amides is 1. The maximum Gasteiger partial charge on any atom is 0.316 e. The van der Waals surface area contributed by atoms with Crippen LogP contribution >= 0.6 is 23.1 Å². The van der Waals surface area contributed by atoms with Crippen LogP contribution in [0.4, 0.5) is 11.4 Å². The number of para-hydroxylation sites is 1. The first-order chi connectivity index (χ1) is 16.1. The molecule has 0 radical (unpaired) electrons. The van der Waals surface area contributed by atoms with Gasteiger partial charge in [-0.15, -0.1) is 11.3 Å². The molecule has 1 aromatic heterocycles. The van der Waals surface area contributed by atoms with Crippen molar-refractivity contribution in [1.29, 1.82) is 0 Å². The molecular weight excluding hydrogens is 454 g/mol. The third-order valence-electron chi connectivity index (χ3n) is 5.27. The van der Waals surface area contributed by atoms with E-state index in [1.165, 1.54) is 42.4 Å². The molecule has 0 aliphatic rings. The summed E-state index contributed by atoms with van der Waals surface area (Å²) >= 11 is 2.82. The van der Waals surface area contributed by atoms with Crippen LogP contribution in [0.15, 0.2) is 52.9 Å². The van der Waals surface area contributed by atoms with Crippen LogP contribution in [0, 0.1) is 5.92 Å². The monoisotopic (exact) mass is 485 g/mol. The molecule has 0 aliphatic carbocycles. The Morgan fingerprint density at radius 3 is 2.55 bits per heavy atom. The quantitative estimate of drug-likeness (QED) is 0.141. The van der Waals surface area contributed by atoms with Gasteiger partial charge in [0.05, 0.1) is 15.9 Å². The number of carbonyl (C=O) groups is 2. The molecule has 2 aromatic carbocycles. The highest BCUT2D eigenvalue weighted by Crippen LogP contribution is 2.36. The van der Waals surface area contributed by atoms with Gasteiger partial charge in [0.2, 0.25) is 5.91 Å². The molecule has 0 fully saturated rings. The van der Waals surface area contributed by atoms with Crippen LogP contribution < -0.4 is 10.6 Å². The number of thioether (sulfide) groups is 1. The Bertz CT molecular complexity index is 1040. The highest BCUT2D eigenvalue weighted by Gasteiger charge is 2.26.